The molecule has 1 aliphatic carbocycles. The van der Waals surface area contributed by atoms with Crippen molar-refractivity contribution < 1.29 is 24.9 Å². The Kier molecular flexibility index (Phi) is 3.96. The average Bonchev–Trinajstić information content (AvgIpc) is 2.40. The second-order valence-corrected chi connectivity index (χ2v) is 4.44. The van der Waals surface area contributed by atoms with Crippen molar-refractivity contribution in [1.29, 1.82) is 0 Å². The number of esters is 1. The molecule has 0 aliphatic heterocycles. The third-order valence-corrected chi connectivity index (χ3v) is 3.14. The van der Waals surface area contributed by atoms with E-state index < -0.39 is 30.4 Å². The number of aliphatic hydroxyl groups excluding tert-OH is 3. The summed E-state index contributed by atoms with van der Waals surface area (Å²) in [6.07, 6.45) is -3.64. The number of hydrogen-bond donors (Lipinski definition) is 3. The lowest BCUT2D eigenvalue weighted by Gasteiger charge is -2.34. The van der Waals surface area contributed by atoms with E-state index in [9.17, 15) is 20.1 Å². The van der Waals surface area contributed by atoms with Crippen LogP contribution in [0.3, 0.4) is 0 Å². The molecule has 5 nitrogen and oxygen atoms in total. The van der Waals surface area contributed by atoms with Gasteiger partial charge in [-0.05, 0) is 25.0 Å². The Morgan fingerprint density at radius 1 is 1.06 bits per heavy atom. The third kappa shape index (κ3) is 2.69. The van der Waals surface area contributed by atoms with Gasteiger partial charge in [0, 0.05) is 0 Å². The van der Waals surface area contributed by atoms with E-state index in [4.69, 9.17) is 4.74 Å². The zero-order chi connectivity index (χ0) is 13.1. The molecule has 0 aromatic heterocycles. The van der Waals surface area contributed by atoms with Gasteiger partial charge < -0.3 is 20.1 Å². The van der Waals surface area contributed by atoms with Crippen molar-refractivity contribution in [3.05, 3.63) is 35.9 Å². The van der Waals surface area contributed by atoms with Crippen LogP contribution < -0.4 is 0 Å². The minimum atomic E-state index is -1.27. The first-order valence-corrected chi connectivity index (χ1v) is 5.90. The van der Waals surface area contributed by atoms with E-state index in [2.05, 4.69) is 0 Å². The maximum absolute atomic E-state index is 11.8. The van der Waals surface area contributed by atoms with E-state index in [1.54, 1.807) is 30.3 Å². The number of ether oxygens (including phenoxy) is 1. The standard InChI is InChI=1S/C13H16O5/c14-9-6-7-10(12(16)11(9)15)18-13(17)8-4-2-1-3-5-8/h1-5,9-12,14-16H,6-7H2/t9-,10-,11-,12+/m0/s1. The van der Waals surface area contributed by atoms with Crippen molar-refractivity contribution in [1.82, 2.24) is 0 Å². The molecule has 0 radical (unpaired) electrons. The molecule has 18 heavy (non-hydrogen) atoms. The van der Waals surface area contributed by atoms with Crippen LogP contribution >= 0.6 is 0 Å². The Bertz CT molecular complexity index is 405. The van der Waals surface area contributed by atoms with Crippen molar-refractivity contribution in [3.63, 3.8) is 0 Å². The summed E-state index contributed by atoms with van der Waals surface area (Å²) >= 11 is 0. The SMILES string of the molecule is O=C(O[C@H]1CC[C@H](O)[C@H](O)[C@@H]1O)c1ccccc1. The molecule has 0 bridgehead atoms. The van der Waals surface area contributed by atoms with Gasteiger partial charge in [0.1, 0.15) is 18.3 Å². The summed E-state index contributed by atoms with van der Waals surface area (Å²) in [5, 5.41) is 28.6. The monoisotopic (exact) mass is 252 g/mol. The number of aliphatic hydroxyl groups is 3. The van der Waals surface area contributed by atoms with Crippen LogP contribution in [0.5, 0.6) is 0 Å². The molecule has 1 aromatic rings. The van der Waals surface area contributed by atoms with Gasteiger partial charge in [0.15, 0.2) is 0 Å². The van der Waals surface area contributed by atoms with E-state index in [-0.39, 0.29) is 0 Å². The number of carbonyl (C=O) groups excluding carboxylic acids is 1. The summed E-state index contributed by atoms with van der Waals surface area (Å²) in [5.74, 6) is -0.539. The molecular weight excluding hydrogens is 236 g/mol. The van der Waals surface area contributed by atoms with Gasteiger partial charge in [0.2, 0.25) is 0 Å². The largest absolute Gasteiger partial charge is 0.456 e. The first kappa shape index (κ1) is 13.0. The van der Waals surface area contributed by atoms with Crippen LogP contribution in [0, 0.1) is 0 Å². The Labute approximate surface area is 105 Å². The number of rotatable bonds is 2. The second kappa shape index (κ2) is 5.48. The third-order valence-electron chi connectivity index (χ3n) is 3.14. The molecular formula is C13H16O5. The van der Waals surface area contributed by atoms with Crippen LogP contribution in [0.15, 0.2) is 30.3 Å². The predicted molar refractivity (Wildman–Crippen MR) is 62.9 cm³/mol. The van der Waals surface area contributed by atoms with Crippen LogP contribution in [0.2, 0.25) is 0 Å². The van der Waals surface area contributed by atoms with E-state index in [1.807, 2.05) is 0 Å². The van der Waals surface area contributed by atoms with Crippen molar-refractivity contribution >= 4 is 5.97 Å². The molecule has 1 aliphatic rings. The van der Waals surface area contributed by atoms with Crippen LogP contribution in [0.25, 0.3) is 0 Å². The lowest BCUT2D eigenvalue weighted by atomic mass is 9.89. The Morgan fingerprint density at radius 2 is 1.72 bits per heavy atom. The van der Waals surface area contributed by atoms with Crippen LogP contribution in [-0.2, 0) is 4.74 Å². The Morgan fingerprint density at radius 3 is 2.39 bits per heavy atom. The minimum Gasteiger partial charge on any atom is -0.456 e. The normalized spacial score (nSPS) is 31.9. The molecule has 98 valence electrons. The van der Waals surface area contributed by atoms with Gasteiger partial charge in [0.25, 0.3) is 0 Å². The summed E-state index contributed by atoms with van der Waals surface area (Å²) in [5.41, 5.74) is 0.394. The van der Waals surface area contributed by atoms with E-state index in [0.717, 1.165) is 0 Å². The molecule has 2 rings (SSSR count). The molecule has 4 atom stereocenters. The molecule has 0 heterocycles. The molecule has 1 fully saturated rings. The molecule has 0 saturated heterocycles. The highest BCUT2D eigenvalue weighted by Gasteiger charge is 2.38. The fourth-order valence-corrected chi connectivity index (χ4v) is 2.03. The summed E-state index contributed by atoms with van der Waals surface area (Å²) in [6.45, 7) is 0. The van der Waals surface area contributed by atoms with Crippen molar-refractivity contribution in [3.8, 4) is 0 Å². The topological polar surface area (TPSA) is 87.0 Å². The lowest BCUT2D eigenvalue weighted by molar-refractivity contribution is -0.137. The molecule has 0 unspecified atom stereocenters. The highest BCUT2D eigenvalue weighted by atomic mass is 16.6. The Balaban J connectivity index is 2.00. The fraction of sp³-hybridized carbons (Fsp3) is 0.462. The lowest BCUT2D eigenvalue weighted by Crippen LogP contribution is -2.50. The average molecular weight is 252 g/mol. The number of benzene rings is 1. The van der Waals surface area contributed by atoms with Crippen LogP contribution in [-0.4, -0.2) is 45.7 Å². The molecule has 1 saturated carbocycles. The summed E-state index contributed by atoms with van der Waals surface area (Å²) < 4.78 is 5.15. The van der Waals surface area contributed by atoms with Crippen molar-refractivity contribution in [2.75, 3.05) is 0 Å². The minimum absolute atomic E-state index is 0.297. The second-order valence-electron chi connectivity index (χ2n) is 4.44. The van der Waals surface area contributed by atoms with E-state index in [1.165, 1.54) is 0 Å². The van der Waals surface area contributed by atoms with Gasteiger partial charge in [-0.1, -0.05) is 18.2 Å². The quantitative estimate of drug-likeness (QED) is 0.649. The van der Waals surface area contributed by atoms with E-state index >= 15 is 0 Å². The van der Waals surface area contributed by atoms with Gasteiger partial charge >= 0.3 is 5.97 Å². The van der Waals surface area contributed by atoms with Gasteiger partial charge in [-0.3, -0.25) is 0 Å². The molecule has 0 spiro atoms. The van der Waals surface area contributed by atoms with Gasteiger partial charge in [-0.2, -0.15) is 0 Å². The van der Waals surface area contributed by atoms with Crippen molar-refractivity contribution in [2.24, 2.45) is 0 Å². The Hall–Kier alpha value is -1.43. The summed E-state index contributed by atoms with van der Waals surface area (Å²) in [4.78, 5) is 11.8. The number of hydrogen-bond acceptors (Lipinski definition) is 5. The van der Waals surface area contributed by atoms with Crippen molar-refractivity contribution in [2.45, 2.75) is 37.3 Å². The first-order chi connectivity index (χ1) is 8.59. The smallest absolute Gasteiger partial charge is 0.338 e. The van der Waals surface area contributed by atoms with Crippen LogP contribution in [0.4, 0.5) is 0 Å². The predicted octanol–water partition coefficient (Wildman–Crippen LogP) is 0.0885. The highest BCUT2D eigenvalue weighted by molar-refractivity contribution is 5.89. The number of carbonyl (C=O) groups is 1. The molecule has 0 amide bonds. The van der Waals surface area contributed by atoms with E-state index in [0.29, 0.717) is 18.4 Å². The summed E-state index contributed by atoms with van der Waals surface area (Å²) in [7, 11) is 0. The van der Waals surface area contributed by atoms with Gasteiger partial charge in [-0.25, -0.2) is 4.79 Å². The molecule has 5 heteroatoms. The maximum atomic E-state index is 11.8. The molecule has 3 N–H and O–H groups in total. The first-order valence-electron chi connectivity index (χ1n) is 5.90. The fourth-order valence-electron chi connectivity index (χ4n) is 2.03. The van der Waals surface area contributed by atoms with Crippen LogP contribution in [0.1, 0.15) is 23.2 Å². The maximum Gasteiger partial charge on any atom is 0.338 e. The van der Waals surface area contributed by atoms with Gasteiger partial charge in [0.05, 0.1) is 11.7 Å². The summed E-state index contributed by atoms with van der Waals surface area (Å²) in [6, 6.07) is 8.44. The zero-order valence-electron chi connectivity index (χ0n) is 9.77. The highest BCUT2D eigenvalue weighted by Crippen LogP contribution is 2.23. The zero-order valence-corrected chi connectivity index (χ0v) is 9.77. The van der Waals surface area contributed by atoms with Gasteiger partial charge in [-0.15, -0.1) is 0 Å². The molecule has 1 aromatic carbocycles.